The van der Waals surface area contributed by atoms with Gasteiger partial charge in [0.2, 0.25) is 0 Å². The van der Waals surface area contributed by atoms with Crippen LogP contribution in [0.4, 0.5) is 4.39 Å². The van der Waals surface area contributed by atoms with Crippen LogP contribution in [0.3, 0.4) is 0 Å². The first-order valence-electron chi connectivity index (χ1n) is 8.08. The number of carbonyl (C=O) groups excluding carboxylic acids is 1. The Kier molecular flexibility index (Phi) is 5.63. The van der Waals surface area contributed by atoms with E-state index < -0.39 is 5.97 Å². The number of esters is 1. The minimum Gasteiger partial charge on any atom is -0.462 e. The average Bonchev–Trinajstić information content (AvgIpc) is 2.68. The first-order chi connectivity index (χ1) is 12.6. The SMILES string of the molecule is CCOC(=O)c1c(-c2ccccc2)nc(SC)nc1-c1ccc(F)cc1. The van der Waals surface area contributed by atoms with Gasteiger partial charge in [-0.15, -0.1) is 0 Å². The van der Waals surface area contributed by atoms with Gasteiger partial charge in [-0.05, 0) is 37.4 Å². The van der Waals surface area contributed by atoms with Gasteiger partial charge in [0.25, 0.3) is 0 Å². The van der Waals surface area contributed by atoms with Gasteiger partial charge in [0, 0.05) is 11.1 Å². The Morgan fingerprint density at radius 2 is 1.58 bits per heavy atom. The molecule has 0 amide bonds. The Labute approximate surface area is 155 Å². The zero-order valence-electron chi connectivity index (χ0n) is 14.4. The van der Waals surface area contributed by atoms with Crippen LogP contribution in [0.5, 0.6) is 0 Å². The van der Waals surface area contributed by atoms with Gasteiger partial charge in [-0.25, -0.2) is 19.2 Å². The minimum atomic E-state index is -0.502. The number of ether oxygens (including phenoxy) is 1. The van der Waals surface area contributed by atoms with Crippen molar-refractivity contribution in [1.29, 1.82) is 0 Å². The van der Waals surface area contributed by atoms with E-state index in [1.54, 1.807) is 19.1 Å². The van der Waals surface area contributed by atoms with Crippen molar-refractivity contribution >= 4 is 17.7 Å². The number of aromatic nitrogens is 2. The van der Waals surface area contributed by atoms with Gasteiger partial charge in [-0.3, -0.25) is 0 Å². The summed E-state index contributed by atoms with van der Waals surface area (Å²) in [5.41, 5.74) is 2.63. The lowest BCUT2D eigenvalue weighted by Gasteiger charge is -2.14. The van der Waals surface area contributed by atoms with Crippen LogP contribution in [0, 0.1) is 5.82 Å². The van der Waals surface area contributed by atoms with E-state index in [1.165, 1.54) is 23.9 Å². The van der Waals surface area contributed by atoms with Crippen molar-refractivity contribution in [2.24, 2.45) is 0 Å². The van der Waals surface area contributed by atoms with Crippen LogP contribution < -0.4 is 0 Å². The zero-order chi connectivity index (χ0) is 18.5. The molecule has 0 aliphatic heterocycles. The summed E-state index contributed by atoms with van der Waals surface area (Å²) < 4.78 is 18.6. The van der Waals surface area contributed by atoms with Crippen LogP contribution in [0.2, 0.25) is 0 Å². The van der Waals surface area contributed by atoms with Crippen LogP contribution >= 0.6 is 11.8 Å². The zero-order valence-corrected chi connectivity index (χ0v) is 15.2. The van der Waals surface area contributed by atoms with Crippen molar-refractivity contribution in [3.05, 3.63) is 66.0 Å². The third kappa shape index (κ3) is 3.75. The van der Waals surface area contributed by atoms with E-state index >= 15 is 0 Å². The summed E-state index contributed by atoms with van der Waals surface area (Å²) in [6.07, 6.45) is 1.86. The van der Waals surface area contributed by atoms with Crippen LogP contribution in [0.15, 0.2) is 59.8 Å². The van der Waals surface area contributed by atoms with Crippen LogP contribution in [0.25, 0.3) is 22.5 Å². The Bertz CT molecular complexity index is 915. The number of hydrogen-bond donors (Lipinski definition) is 0. The van der Waals surface area contributed by atoms with Crippen LogP contribution in [-0.2, 0) is 4.74 Å². The molecule has 2 aromatic carbocycles. The highest BCUT2D eigenvalue weighted by atomic mass is 32.2. The average molecular weight is 368 g/mol. The predicted molar refractivity (Wildman–Crippen MR) is 101 cm³/mol. The number of benzene rings is 2. The molecule has 26 heavy (non-hydrogen) atoms. The predicted octanol–water partition coefficient (Wildman–Crippen LogP) is 4.85. The topological polar surface area (TPSA) is 52.1 Å². The molecule has 0 N–H and O–H groups in total. The molecule has 1 heterocycles. The van der Waals surface area contributed by atoms with Gasteiger partial charge in [0.1, 0.15) is 11.4 Å². The van der Waals surface area contributed by atoms with Crippen LogP contribution in [-0.4, -0.2) is 28.8 Å². The van der Waals surface area contributed by atoms with E-state index in [2.05, 4.69) is 9.97 Å². The van der Waals surface area contributed by atoms with Crippen molar-refractivity contribution in [1.82, 2.24) is 9.97 Å². The molecule has 0 spiro atoms. The molecule has 0 saturated heterocycles. The highest BCUT2D eigenvalue weighted by Gasteiger charge is 2.24. The maximum absolute atomic E-state index is 13.3. The maximum Gasteiger partial charge on any atom is 0.342 e. The second kappa shape index (κ2) is 8.10. The summed E-state index contributed by atoms with van der Waals surface area (Å²) >= 11 is 1.37. The fourth-order valence-electron chi connectivity index (χ4n) is 2.55. The number of nitrogens with zero attached hydrogens (tertiary/aromatic N) is 2. The van der Waals surface area contributed by atoms with E-state index in [4.69, 9.17) is 4.74 Å². The maximum atomic E-state index is 13.3. The fourth-order valence-corrected chi connectivity index (χ4v) is 2.91. The Morgan fingerprint density at radius 1 is 1.00 bits per heavy atom. The second-order valence-electron chi connectivity index (χ2n) is 5.38. The van der Waals surface area contributed by atoms with Gasteiger partial charge in [-0.2, -0.15) is 0 Å². The molecule has 3 rings (SSSR count). The molecule has 0 bridgehead atoms. The first-order valence-corrected chi connectivity index (χ1v) is 9.31. The lowest BCUT2D eigenvalue weighted by Crippen LogP contribution is -2.12. The standard InChI is InChI=1S/C20H17FN2O2S/c1-3-25-19(24)16-17(13-7-5-4-6-8-13)22-20(26-2)23-18(16)14-9-11-15(21)12-10-14/h4-12H,3H2,1-2H3. The highest BCUT2D eigenvalue weighted by molar-refractivity contribution is 7.98. The number of rotatable bonds is 5. The summed E-state index contributed by atoms with van der Waals surface area (Å²) in [7, 11) is 0. The molecular formula is C20H17FN2O2S. The van der Waals surface area contributed by atoms with Crippen molar-refractivity contribution < 1.29 is 13.9 Å². The number of thioether (sulfide) groups is 1. The normalized spacial score (nSPS) is 10.6. The van der Waals surface area contributed by atoms with Crippen LogP contribution in [0.1, 0.15) is 17.3 Å². The first kappa shape index (κ1) is 18.1. The minimum absolute atomic E-state index is 0.236. The third-order valence-electron chi connectivity index (χ3n) is 3.72. The second-order valence-corrected chi connectivity index (χ2v) is 6.15. The van der Waals surface area contributed by atoms with E-state index in [0.717, 1.165) is 5.56 Å². The largest absolute Gasteiger partial charge is 0.462 e. The van der Waals surface area contributed by atoms with E-state index in [9.17, 15) is 9.18 Å². The fraction of sp³-hybridized carbons (Fsp3) is 0.150. The Balaban J connectivity index is 2.30. The quantitative estimate of drug-likeness (QED) is 0.366. The van der Waals surface area contributed by atoms with Gasteiger partial charge in [0.15, 0.2) is 5.16 Å². The molecule has 6 heteroatoms. The van der Waals surface area contributed by atoms with Gasteiger partial charge in [0.05, 0.1) is 18.0 Å². The molecule has 0 unspecified atom stereocenters. The molecular weight excluding hydrogens is 351 g/mol. The number of hydrogen-bond acceptors (Lipinski definition) is 5. The number of carbonyl (C=O) groups is 1. The summed E-state index contributed by atoms with van der Waals surface area (Å²) in [4.78, 5) is 21.8. The lowest BCUT2D eigenvalue weighted by molar-refractivity contribution is 0.0527. The molecule has 0 fully saturated rings. The van der Waals surface area contributed by atoms with Crippen molar-refractivity contribution in [3.8, 4) is 22.5 Å². The van der Waals surface area contributed by atoms with Gasteiger partial charge in [-0.1, -0.05) is 42.1 Å². The summed E-state index contributed by atoms with van der Waals surface area (Å²) in [6, 6.07) is 15.3. The smallest absolute Gasteiger partial charge is 0.342 e. The molecule has 0 aliphatic rings. The molecule has 0 radical (unpaired) electrons. The van der Waals surface area contributed by atoms with Gasteiger partial charge < -0.3 is 4.74 Å². The molecule has 3 aromatic rings. The Hall–Kier alpha value is -2.73. The van der Waals surface area contributed by atoms with Gasteiger partial charge >= 0.3 is 5.97 Å². The molecule has 0 saturated carbocycles. The summed E-state index contributed by atoms with van der Waals surface area (Å²) in [5.74, 6) is -0.854. The summed E-state index contributed by atoms with van der Waals surface area (Å²) in [5, 5.41) is 0.524. The van der Waals surface area contributed by atoms with E-state index in [0.29, 0.717) is 22.1 Å². The molecule has 0 atom stereocenters. The van der Waals surface area contributed by atoms with E-state index in [-0.39, 0.29) is 18.0 Å². The van der Waals surface area contributed by atoms with E-state index in [1.807, 2.05) is 36.6 Å². The highest BCUT2D eigenvalue weighted by Crippen LogP contribution is 2.32. The lowest BCUT2D eigenvalue weighted by atomic mass is 10.0. The Morgan fingerprint density at radius 3 is 2.12 bits per heavy atom. The monoisotopic (exact) mass is 368 g/mol. The van der Waals surface area contributed by atoms with Crippen molar-refractivity contribution in [3.63, 3.8) is 0 Å². The number of halogens is 1. The molecule has 4 nitrogen and oxygen atoms in total. The molecule has 132 valence electrons. The molecule has 1 aromatic heterocycles. The van der Waals surface area contributed by atoms with Crippen molar-refractivity contribution in [2.45, 2.75) is 12.1 Å². The van der Waals surface area contributed by atoms with Crippen molar-refractivity contribution in [2.75, 3.05) is 12.9 Å². The molecule has 0 aliphatic carbocycles. The summed E-state index contributed by atoms with van der Waals surface area (Å²) in [6.45, 7) is 1.98. The third-order valence-corrected chi connectivity index (χ3v) is 4.26.